The van der Waals surface area contributed by atoms with Crippen molar-refractivity contribution in [1.29, 1.82) is 0 Å². The lowest BCUT2D eigenvalue weighted by Gasteiger charge is -2.30. The summed E-state index contributed by atoms with van der Waals surface area (Å²) in [4.78, 5) is 0. The van der Waals surface area contributed by atoms with Crippen LogP contribution in [0, 0.1) is 12.3 Å². The standard InChI is InChI=1S/C9H14NO/c1-5-9(4)7-6-8(2,3)10(9)11/h1H,6-7H2,2-4H3. The Labute approximate surface area is 68.2 Å². The molecule has 0 saturated carbocycles. The molecule has 0 N–H and O–H groups in total. The quantitative estimate of drug-likeness (QED) is 0.483. The Morgan fingerprint density at radius 1 is 1.36 bits per heavy atom. The lowest BCUT2D eigenvalue weighted by atomic mass is 10.0. The van der Waals surface area contributed by atoms with E-state index < -0.39 is 5.54 Å². The summed E-state index contributed by atoms with van der Waals surface area (Å²) in [5.74, 6) is 2.56. The smallest absolute Gasteiger partial charge is 0.107 e. The summed E-state index contributed by atoms with van der Waals surface area (Å²) in [7, 11) is 0. The number of hydrogen-bond donors (Lipinski definition) is 0. The fourth-order valence-corrected chi connectivity index (χ4v) is 1.55. The summed E-state index contributed by atoms with van der Waals surface area (Å²) in [6, 6.07) is 0. The van der Waals surface area contributed by atoms with Crippen molar-refractivity contribution < 1.29 is 5.21 Å². The highest BCUT2D eigenvalue weighted by atomic mass is 16.5. The van der Waals surface area contributed by atoms with Crippen LogP contribution in [-0.4, -0.2) is 16.1 Å². The highest BCUT2D eigenvalue weighted by Gasteiger charge is 2.47. The van der Waals surface area contributed by atoms with E-state index in [2.05, 4.69) is 5.92 Å². The van der Waals surface area contributed by atoms with Gasteiger partial charge in [0, 0.05) is 5.54 Å². The summed E-state index contributed by atoms with van der Waals surface area (Å²) in [6.07, 6.45) is 6.98. The lowest BCUT2D eigenvalue weighted by Crippen LogP contribution is -2.45. The molecule has 0 bridgehead atoms. The molecule has 2 nitrogen and oxygen atoms in total. The third-order valence-electron chi connectivity index (χ3n) is 2.53. The van der Waals surface area contributed by atoms with E-state index in [1.165, 1.54) is 0 Å². The van der Waals surface area contributed by atoms with Gasteiger partial charge in [0.2, 0.25) is 0 Å². The first-order valence-electron chi connectivity index (χ1n) is 3.88. The molecule has 2 heteroatoms. The molecular weight excluding hydrogens is 138 g/mol. The normalized spacial score (nSPS) is 37.0. The first-order valence-corrected chi connectivity index (χ1v) is 3.88. The van der Waals surface area contributed by atoms with Gasteiger partial charge in [-0.05, 0) is 33.6 Å². The molecule has 11 heavy (non-hydrogen) atoms. The zero-order valence-electron chi connectivity index (χ0n) is 7.35. The maximum absolute atomic E-state index is 11.6. The summed E-state index contributed by atoms with van der Waals surface area (Å²) in [6.45, 7) is 5.69. The monoisotopic (exact) mass is 152 g/mol. The molecule has 1 unspecified atom stereocenters. The molecule has 1 aliphatic rings. The molecule has 1 aliphatic heterocycles. The van der Waals surface area contributed by atoms with Crippen molar-refractivity contribution in [3.05, 3.63) is 0 Å². The van der Waals surface area contributed by atoms with Gasteiger partial charge in [0.25, 0.3) is 0 Å². The third kappa shape index (κ3) is 1.15. The molecular formula is C9H14NO. The Balaban J connectivity index is 2.89. The van der Waals surface area contributed by atoms with Gasteiger partial charge in [-0.2, -0.15) is 0 Å². The van der Waals surface area contributed by atoms with Crippen LogP contribution in [0.4, 0.5) is 0 Å². The van der Waals surface area contributed by atoms with Gasteiger partial charge in [0.15, 0.2) is 0 Å². The van der Waals surface area contributed by atoms with E-state index in [1.807, 2.05) is 20.8 Å². The second-order valence-corrected chi connectivity index (χ2v) is 4.03. The molecule has 0 aliphatic carbocycles. The van der Waals surface area contributed by atoms with Gasteiger partial charge < -0.3 is 0 Å². The van der Waals surface area contributed by atoms with E-state index in [1.54, 1.807) is 0 Å². The first kappa shape index (κ1) is 8.58. The Kier molecular flexibility index (Phi) is 1.74. The molecule has 1 heterocycles. The topological polar surface area (TPSA) is 23.1 Å². The van der Waals surface area contributed by atoms with Crippen molar-refractivity contribution in [2.45, 2.75) is 44.7 Å². The van der Waals surface area contributed by atoms with Gasteiger partial charge in [-0.3, -0.25) is 0 Å². The van der Waals surface area contributed by atoms with E-state index in [0.29, 0.717) is 0 Å². The van der Waals surface area contributed by atoms with Crippen LogP contribution in [0.25, 0.3) is 0 Å². The minimum absolute atomic E-state index is 0.277. The second kappa shape index (κ2) is 2.23. The van der Waals surface area contributed by atoms with Gasteiger partial charge in [0.05, 0.1) is 0 Å². The van der Waals surface area contributed by atoms with Crippen LogP contribution < -0.4 is 0 Å². The minimum atomic E-state index is -0.566. The predicted molar refractivity (Wildman–Crippen MR) is 43.1 cm³/mol. The molecule has 1 radical (unpaired) electrons. The second-order valence-electron chi connectivity index (χ2n) is 4.03. The fraction of sp³-hybridized carbons (Fsp3) is 0.778. The minimum Gasteiger partial charge on any atom is -0.132 e. The number of rotatable bonds is 0. The van der Waals surface area contributed by atoms with Crippen LogP contribution in [0.3, 0.4) is 0 Å². The maximum Gasteiger partial charge on any atom is 0.107 e. The van der Waals surface area contributed by atoms with Crippen molar-refractivity contribution >= 4 is 0 Å². The fourth-order valence-electron chi connectivity index (χ4n) is 1.55. The third-order valence-corrected chi connectivity index (χ3v) is 2.53. The highest BCUT2D eigenvalue weighted by molar-refractivity contribution is 5.15. The molecule has 0 spiro atoms. The van der Waals surface area contributed by atoms with Crippen LogP contribution in [0.5, 0.6) is 0 Å². The summed E-state index contributed by atoms with van der Waals surface area (Å²) < 4.78 is 0. The van der Waals surface area contributed by atoms with E-state index in [-0.39, 0.29) is 5.54 Å². The lowest BCUT2D eigenvalue weighted by molar-refractivity contribution is -0.234. The Hall–Kier alpha value is -0.520. The average molecular weight is 152 g/mol. The molecule has 0 aromatic rings. The van der Waals surface area contributed by atoms with E-state index >= 15 is 0 Å². The van der Waals surface area contributed by atoms with Crippen molar-refractivity contribution in [1.82, 2.24) is 5.06 Å². The molecule has 61 valence electrons. The molecule has 1 atom stereocenters. The molecule has 1 fully saturated rings. The molecule has 1 saturated heterocycles. The van der Waals surface area contributed by atoms with Gasteiger partial charge >= 0.3 is 0 Å². The van der Waals surface area contributed by atoms with Crippen LogP contribution in [0.2, 0.25) is 0 Å². The number of hydroxylamine groups is 2. The van der Waals surface area contributed by atoms with Gasteiger partial charge in [-0.1, -0.05) is 5.92 Å². The zero-order valence-corrected chi connectivity index (χ0v) is 7.35. The Morgan fingerprint density at radius 2 is 1.91 bits per heavy atom. The van der Waals surface area contributed by atoms with Crippen molar-refractivity contribution in [3.63, 3.8) is 0 Å². The van der Waals surface area contributed by atoms with Gasteiger partial charge in [-0.25, -0.2) is 0 Å². The number of hydrogen-bond acceptors (Lipinski definition) is 1. The molecule has 0 aromatic carbocycles. The van der Waals surface area contributed by atoms with Crippen molar-refractivity contribution in [3.8, 4) is 12.3 Å². The van der Waals surface area contributed by atoms with Crippen LogP contribution in [0.1, 0.15) is 33.6 Å². The summed E-state index contributed by atoms with van der Waals surface area (Å²) in [5.41, 5.74) is -0.843. The predicted octanol–water partition coefficient (Wildman–Crippen LogP) is 1.60. The van der Waals surface area contributed by atoms with Crippen LogP contribution >= 0.6 is 0 Å². The average Bonchev–Trinajstić information content (AvgIpc) is 2.16. The largest absolute Gasteiger partial charge is 0.132 e. The summed E-state index contributed by atoms with van der Waals surface area (Å²) >= 11 is 0. The highest BCUT2D eigenvalue weighted by Crippen LogP contribution is 2.38. The molecule has 1 rings (SSSR count). The van der Waals surface area contributed by atoms with Gasteiger partial charge in [-0.15, -0.1) is 16.7 Å². The van der Waals surface area contributed by atoms with E-state index in [0.717, 1.165) is 17.9 Å². The molecule has 0 amide bonds. The summed E-state index contributed by atoms with van der Waals surface area (Å²) in [5, 5.41) is 12.6. The number of terminal acetylenes is 1. The maximum atomic E-state index is 11.6. The van der Waals surface area contributed by atoms with E-state index in [4.69, 9.17) is 6.42 Å². The molecule has 0 aromatic heterocycles. The van der Waals surface area contributed by atoms with Crippen LogP contribution in [-0.2, 0) is 5.21 Å². The first-order chi connectivity index (χ1) is 4.92. The Bertz CT molecular complexity index is 204. The zero-order chi connectivity index (χ0) is 8.70. The SMILES string of the molecule is C#CC1(C)CCC(C)(C)N1[O]. The van der Waals surface area contributed by atoms with Gasteiger partial charge in [0.1, 0.15) is 5.54 Å². The van der Waals surface area contributed by atoms with E-state index in [9.17, 15) is 5.21 Å². The van der Waals surface area contributed by atoms with Crippen LogP contribution in [0.15, 0.2) is 0 Å². The Morgan fingerprint density at radius 3 is 2.09 bits per heavy atom. The van der Waals surface area contributed by atoms with Crippen molar-refractivity contribution in [2.75, 3.05) is 0 Å². The van der Waals surface area contributed by atoms with Crippen molar-refractivity contribution in [2.24, 2.45) is 0 Å². The number of nitrogens with zero attached hydrogens (tertiary/aromatic N) is 1.